The van der Waals surface area contributed by atoms with Crippen LogP contribution in [0.1, 0.15) is 31.4 Å². The topological polar surface area (TPSA) is 75.8 Å². The molecule has 0 bridgehead atoms. The molecule has 6 heteroatoms. The maximum absolute atomic E-state index is 11.2. The molecule has 1 atom stereocenters. The van der Waals surface area contributed by atoms with Crippen molar-refractivity contribution in [1.82, 2.24) is 0 Å². The van der Waals surface area contributed by atoms with Crippen LogP contribution in [0, 0.1) is 16.0 Å². The van der Waals surface area contributed by atoms with Crippen molar-refractivity contribution in [2.24, 2.45) is 5.92 Å². The van der Waals surface area contributed by atoms with Crippen molar-refractivity contribution in [3.8, 4) is 0 Å². The molecule has 1 aromatic rings. The number of likely N-dealkylation sites (N-methyl/N-ethyl adjacent to an activating group) is 1. The maximum Gasteiger partial charge on any atom is 0.292 e. The Bertz CT molecular complexity index is 500. The Kier molecular flexibility index (Phi) is 5.14. The Labute approximate surface area is 124 Å². The van der Waals surface area contributed by atoms with Crippen LogP contribution in [-0.4, -0.2) is 36.8 Å². The molecule has 0 radical (unpaired) electrons. The first-order valence-electron chi connectivity index (χ1n) is 7.24. The minimum Gasteiger partial charge on any atom is -0.389 e. The number of hydrogen-bond acceptors (Lipinski definition) is 5. The molecule has 1 saturated carbocycles. The highest BCUT2D eigenvalue weighted by Gasteiger charge is 2.22. The van der Waals surface area contributed by atoms with Gasteiger partial charge in [0.15, 0.2) is 0 Å². The second-order valence-corrected chi connectivity index (χ2v) is 5.62. The third-order valence-electron chi connectivity index (χ3n) is 3.71. The van der Waals surface area contributed by atoms with Crippen LogP contribution in [0.4, 0.5) is 11.4 Å². The van der Waals surface area contributed by atoms with E-state index in [2.05, 4.69) is 0 Å². The summed E-state index contributed by atoms with van der Waals surface area (Å²) in [6.07, 6.45) is 1.79. The Morgan fingerprint density at radius 2 is 2.24 bits per heavy atom. The van der Waals surface area contributed by atoms with Crippen LogP contribution in [0.5, 0.6) is 0 Å². The first-order chi connectivity index (χ1) is 9.99. The summed E-state index contributed by atoms with van der Waals surface area (Å²) in [6, 6.07) is 4.83. The highest BCUT2D eigenvalue weighted by Crippen LogP contribution is 2.31. The first kappa shape index (κ1) is 15.7. The molecule has 6 nitrogen and oxygen atoms in total. The second-order valence-electron chi connectivity index (χ2n) is 5.62. The lowest BCUT2D eigenvalue weighted by atomic mass is 10.1. The van der Waals surface area contributed by atoms with Crippen molar-refractivity contribution in [3.63, 3.8) is 0 Å². The molecule has 0 heterocycles. The number of nitrogens with zero attached hydrogens (tertiary/aromatic N) is 2. The van der Waals surface area contributed by atoms with E-state index in [1.165, 1.54) is 18.9 Å². The summed E-state index contributed by atoms with van der Waals surface area (Å²) < 4.78 is 5.56. The third kappa shape index (κ3) is 4.41. The van der Waals surface area contributed by atoms with Crippen LogP contribution in [0.25, 0.3) is 0 Å². The molecular weight excluding hydrogens is 272 g/mol. The number of rotatable bonds is 8. The summed E-state index contributed by atoms with van der Waals surface area (Å²) in [6.45, 7) is 3.54. The molecule has 1 aromatic carbocycles. The average Bonchev–Trinajstić information content (AvgIpc) is 3.26. The Hall–Kier alpha value is -1.66. The smallest absolute Gasteiger partial charge is 0.292 e. The van der Waals surface area contributed by atoms with E-state index in [0.717, 1.165) is 12.5 Å². The van der Waals surface area contributed by atoms with Crippen molar-refractivity contribution in [2.45, 2.75) is 25.9 Å². The van der Waals surface area contributed by atoms with Gasteiger partial charge in [0, 0.05) is 26.3 Å². The van der Waals surface area contributed by atoms with Crippen molar-refractivity contribution in [1.29, 1.82) is 0 Å². The number of aliphatic hydroxyl groups is 1. The zero-order chi connectivity index (χ0) is 15.4. The van der Waals surface area contributed by atoms with Crippen LogP contribution < -0.4 is 4.90 Å². The van der Waals surface area contributed by atoms with E-state index in [9.17, 15) is 15.2 Å². The zero-order valence-corrected chi connectivity index (χ0v) is 12.5. The summed E-state index contributed by atoms with van der Waals surface area (Å²) in [4.78, 5) is 12.6. The van der Waals surface area contributed by atoms with E-state index < -0.39 is 11.0 Å². The normalized spacial score (nSPS) is 15.8. The highest BCUT2D eigenvalue weighted by atomic mass is 16.6. The first-order valence-corrected chi connectivity index (χ1v) is 7.24. The summed E-state index contributed by atoms with van der Waals surface area (Å²) in [5.41, 5.74) is 1.10. The molecule has 0 unspecified atom stereocenters. The molecule has 0 aliphatic heterocycles. The monoisotopic (exact) mass is 294 g/mol. The fourth-order valence-corrected chi connectivity index (χ4v) is 2.13. The molecule has 1 aliphatic rings. The van der Waals surface area contributed by atoms with Gasteiger partial charge in [0.05, 0.1) is 17.6 Å². The summed E-state index contributed by atoms with van der Waals surface area (Å²) in [7, 11) is 1.81. The molecule has 0 amide bonds. The highest BCUT2D eigenvalue weighted by molar-refractivity contribution is 5.64. The minimum atomic E-state index is -0.718. The standard InChI is InChI=1S/C15H22N2O4/c1-11(18)13-5-6-14(15(9-13)17(19)20)16(2)7-8-21-10-12-3-4-12/h5-6,9,11-12,18H,3-4,7-8,10H2,1-2H3/t11-/m0/s1. The second kappa shape index (κ2) is 6.87. The predicted molar refractivity (Wildman–Crippen MR) is 80.5 cm³/mol. The van der Waals surface area contributed by atoms with Gasteiger partial charge in [-0.2, -0.15) is 0 Å². The van der Waals surface area contributed by atoms with Gasteiger partial charge in [-0.3, -0.25) is 10.1 Å². The molecule has 1 N–H and O–H groups in total. The van der Waals surface area contributed by atoms with Gasteiger partial charge in [-0.1, -0.05) is 6.07 Å². The summed E-state index contributed by atoms with van der Waals surface area (Å²) >= 11 is 0. The van der Waals surface area contributed by atoms with Crippen molar-refractivity contribution in [2.75, 3.05) is 31.7 Å². The molecule has 0 aromatic heterocycles. The van der Waals surface area contributed by atoms with Crippen LogP contribution in [-0.2, 0) is 4.74 Å². The molecule has 21 heavy (non-hydrogen) atoms. The fourth-order valence-electron chi connectivity index (χ4n) is 2.13. The molecule has 0 saturated heterocycles. The van der Waals surface area contributed by atoms with E-state index in [4.69, 9.17) is 4.74 Å². The number of benzene rings is 1. The molecule has 116 valence electrons. The molecular formula is C15H22N2O4. The quantitative estimate of drug-likeness (QED) is 0.453. The van der Waals surface area contributed by atoms with Crippen LogP contribution in [0.3, 0.4) is 0 Å². The Balaban J connectivity index is 2.00. The van der Waals surface area contributed by atoms with E-state index >= 15 is 0 Å². The lowest BCUT2D eigenvalue weighted by Crippen LogP contribution is -2.23. The zero-order valence-electron chi connectivity index (χ0n) is 12.5. The largest absolute Gasteiger partial charge is 0.389 e. The van der Waals surface area contributed by atoms with E-state index in [-0.39, 0.29) is 5.69 Å². The number of ether oxygens (including phenoxy) is 1. The summed E-state index contributed by atoms with van der Waals surface area (Å²) in [5.74, 6) is 0.718. The number of nitro benzene ring substituents is 1. The number of anilines is 1. The van der Waals surface area contributed by atoms with E-state index in [1.807, 2.05) is 11.9 Å². The lowest BCUT2D eigenvalue weighted by molar-refractivity contribution is -0.384. The lowest BCUT2D eigenvalue weighted by Gasteiger charge is -2.20. The van der Waals surface area contributed by atoms with E-state index in [0.29, 0.717) is 24.4 Å². The molecule has 0 spiro atoms. The van der Waals surface area contributed by atoms with Gasteiger partial charge in [0.25, 0.3) is 5.69 Å². The van der Waals surface area contributed by atoms with Crippen LogP contribution >= 0.6 is 0 Å². The van der Waals surface area contributed by atoms with Gasteiger partial charge >= 0.3 is 0 Å². The van der Waals surface area contributed by atoms with Gasteiger partial charge < -0.3 is 14.7 Å². The molecule has 1 fully saturated rings. The number of nitro groups is 1. The minimum absolute atomic E-state index is 0.0121. The van der Waals surface area contributed by atoms with Crippen molar-refractivity contribution >= 4 is 11.4 Å². The van der Waals surface area contributed by atoms with Gasteiger partial charge in [-0.05, 0) is 37.3 Å². The Morgan fingerprint density at radius 3 is 2.81 bits per heavy atom. The summed E-state index contributed by atoms with van der Waals surface area (Å²) in [5, 5.41) is 20.7. The third-order valence-corrected chi connectivity index (χ3v) is 3.71. The average molecular weight is 294 g/mol. The number of hydrogen-bond donors (Lipinski definition) is 1. The van der Waals surface area contributed by atoms with Gasteiger partial charge in [-0.15, -0.1) is 0 Å². The van der Waals surface area contributed by atoms with Crippen LogP contribution in [0.2, 0.25) is 0 Å². The predicted octanol–water partition coefficient (Wildman–Crippen LogP) is 2.51. The Morgan fingerprint density at radius 1 is 1.52 bits per heavy atom. The van der Waals surface area contributed by atoms with Crippen molar-refractivity contribution in [3.05, 3.63) is 33.9 Å². The van der Waals surface area contributed by atoms with Crippen LogP contribution in [0.15, 0.2) is 18.2 Å². The number of aliphatic hydroxyl groups excluding tert-OH is 1. The van der Waals surface area contributed by atoms with Crippen molar-refractivity contribution < 1.29 is 14.8 Å². The van der Waals surface area contributed by atoms with Gasteiger partial charge in [0.2, 0.25) is 0 Å². The fraction of sp³-hybridized carbons (Fsp3) is 0.600. The molecule has 1 aliphatic carbocycles. The van der Waals surface area contributed by atoms with E-state index in [1.54, 1.807) is 19.1 Å². The molecule has 2 rings (SSSR count). The SMILES string of the molecule is C[C@H](O)c1ccc(N(C)CCOCC2CC2)c([N+](=O)[O-])c1. The van der Waals surface area contributed by atoms with Gasteiger partial charge in [-0.25, -0.2) is 0 Å². The maximum atomic E-state index is 11.2. The van der Waals surface area contributed by atoms with Gasteiger partial charge in [0.1, 0.15) is 5.69 Å².